The number of nitrogens with one attached hydrogen (secondary N) is 1. The van der Waals surface area contributed by atoms with Gasteiger partial charge in [0, 0.05) is 36.4 Å². The molecule has 1 atom stereocenters. The molecule has 162 valence electrons. The third-order valence-corrected chi connectivity index (χ3v) is 7.78. The van der Waals surface area contributed by atoms with Gasteiger partial charge in [0.2, 0.25) is 15.9 Å². The molecule has 1 aliphatic heterocycles. The van der Waals surface area contributed by atoms with Crippen molar-refractivity contribution in [2.75, 3.05) is 25.5 Å². The number of carbonyl (C=O) groups excluding carboxylic acids is 1. The summed E-state index contributed by atoms with van der Waals surface area (Å²) in [5, 5.41) is 5.18. The first-order valence-electron chi connectivity index (χ1n) is 9.78. The van der Waals surface area contributed by atoms with Crippen molar-refractivity contribution in [3.05, 3.63) is 54.2 Å². The van der Waals surface area contributed by atoms with Crippen LogP contribution in [0.25, 0.3) is 11.3 Å². The highest BCUT2D eigenvalue weighted by Gasteiger charge is 2.33. The molecule has 0 radical (unpaired) electrons. The molecule has 1 fully saturated rings. The van der Waals surface area contributed by atoms with E-state index in [1.165, 1.54) is 34.9 Å². The number of rotatable bonds is 6. The van der Waals surface area contributed by atoms with Crippen LogP contribution in [-0.4, -0.2) is 48.8 Å². The van der Waals surface area contributed by atoms with Crippen molar-refractivity contribution in [2.45, 2.75) is 17.7 Å². The summed E-state index contributed by atoms with van der Waals surface area (Å²) in [6.07, 6.45) is 4.64. The summed E-state index contributed by atoms with van der Waals surface area (Å²) in [5.74, 6) is -0.0711. The quantitative estimate of drug-likeness (QED) is 0.608. The third-order valence-electron chi connectivity index (χ3n) is 5.14. The highest BCUT2D eigenvalue weighted by Crippen LogP contribution is 2.28. The molecule has 1 N–H and O–H groups in total. The molecule has 2 aromatic heterocycles. The van der Waals surface area contributed by atoms with Gasteiger partial charge in [0.1, 0.15) is 5.75 Å². The largest absolute Gasteiger partial charge is 0.497 e. The van der Waals surface area contributed by atoms with Crippen molar-refractivity contribution >= 4 is 32.4 Å². The predicted octanol–water partition coefficient (Wildman–Crippen LogP) is 3.25. The second kappa shape index (κ2) is 9.13. The molecule has 1 saturated heterocycles. The molecule has 8 nitrogen and oxygen atoms in total. The van der Waals surface area contributed by atoms with Crippen LogP contribution in [0.5, 0.6) is 5.75 Å². The maximum absolute atomic E-state index is 13.0. The first-order chi connectivity index (χ1) is 15.0. The number of carbonyl (C=O) groups is 1. The Morgan fingerprint density at radius 1 is 1.26 bits per heavy atom. The Hall–Kier alpha value is -2.82. The summed E-state index contributed by atoms with van der Waals surface area (Å²) in [4.78, 5) is 21.5. The summed E-state index contributed by atoms with van der Waals surface area (Å²) < 4.78 is 32.5. The fraction of sp³-hybridized carbons (Fsp3) is 0.286. The number of aromatic nitrogens is 2. The Labute approximate surface area is 185 Å². The Morgan fingerprint density at radius 3 is 2.77 bits per heavy atom. The van der Waals surface area contributed by atoms with Crippen molar-refractivity contribution in [2.24, 2.45) is 5.92 Å². The van der Waals surface area contributed by atoms with Gasteiger partial charge in [-0.3, -0.25) is 9.78 Å². The van der Waals surface area contributed by atoms with E-state index in [9.17, 15) is 13.2 Å². The number of methoxy groups -OCH3 is 1. The minimum absolute atomic E-state index is 0.140. The van der Waals surface area contributed by atoms with Crippen LogP contribution in [0.2, 0.25) is 0 Å². The second-order valence-electron chi connectivity index (χ2n) is 7.15. The third kappa shape index (κ3) is 4.76. The molecule has 0 bridgehead atoms. The van der Waals surface area contributed by atoms with Gasteiger partial charge in [-0.15, -0.1) is 11.3 Å². The van der Waals surface area contributed by atoms with Crippen molar-refractivity contribution in [1.29, 1.82) is 0 Å². The highest BCUT2D eigenvalue weighted by atomic mass is 32.2. The van der Waals surface area contributed by atoms with Crippen LogP contribution in [0, 0.1) is 5.92 Å². The molecular formula is C21H22N4O4S2. The zero-order chi connectivity index (χ0) is 21.8. The minimum atomic E-state index is -3.68. The number of ether oxygens (including phenoxy) is 1. The summed E-state index contributed by atoms with van der Waals surface area (Å²) in [7, 11) is -2.15. The maximum atomic E-state index is 13.0. The highest BCUT2D eigenvalue weighted by molar-refractivity contribution is 7.89. The van der Waals surface area contributed by atoms with Gasteiger partial charge in [0.15, 0.2) is 5.13 Å². The van der Waals surface area contributed by atoms with Gasteiger partial charge in [-0.25, -0.2) is 13.4 Å². The number of hydrogen-bond donors (Lipinski definition) is 1. The van der Waals surface area contributed by atoms with Crippen molar-refractivity contribution < 1.29 is 17.9 Å². The predicted molar refractivity (Wildman–Crippen MR) is 118 cm³/mol. The maximum Gasteiger partial charge on any atom is 0.243 e. The van der Waals surface area contributed by atoms with Gasteiger partial charge in [-0.1, -0.05) is 0 Å². The topological polar surface area (TPSA) is 101 Å². The number of hydrogen-bond acceptors (Lipinski definition) is 7. The SMILES string of the molecule is COc1ccc(S(=O)(=O)N2CCCC(C(=O)Nc3nc(-c4cccnc4)cs3)C2)cc1. The summed E-state index contributed by atoms with van der Waals surface area (Å²) >= 11 is 1.33. The van der Waals surface area contributed by atoms with Gasteiger partial charge in [-0.2, -0.15) is 4.31 Å². The molecule has 1 amide bonds. The first-order valence-corrected chi connectivity index (χ1v) is 12.1. The van der Waals surface area contributed by atoms with E-state index in [1.807, 2.05) is 17.5 Å². The fourth-order valence-electron chi connectivity index (χ4n) is 3.46. The molecule has 1 unspecified atom stereocenters. The molecule has 1 aromatic carbocycles. The number of amides is 1. The van der Waals surface area contributed by atoms with Crippen LogP contribution in [0.1, 0.15) is 12.8 Å². The average molecular weight is 459 g/mol. The summed E-state index contributed by atoms with van der Waals surface area (Å²) in [6, 6.07) is 10.00. The van der Waals surface area contributed by atoms with E-state index in [2.05, 4.69) is 15.3 Å². The van der Waals surface area contributed by atoms with Crippen LogP contribution in [0.4, 0.5) is 5.13 Å². The molecule has 0 aliphatic carbocycles. The number of anilines is 1. The van der Waals surface area contributed by atoms with E-state index >= 15 is 0 Å². The van der Waals surface area contributed by atoms with Gasteiger partial charge in [0.25, 0.3) is 0 Å². The Morgan fingerprint density at radius 2 is 2.06 bits per heavy atom. The van der Waals surface area contributed by atoms with E-state index in [1.54, 1.807) is 24.5 Å². The Kier molecular flexibility index (Phi) is 6.30. The average Bonchev–Trinajstić information content (AvgIpc) is 3.28. The first kappa shape index (κ1) is 21.4. The number of benzene rings is 1. The smallest absolute Gasteiger partial charge is 0.243 e. The zero-order valence-corrected chi connectivity index (χ0v) is 18.5. The zero-order valence-electron chi connectivity index (χ0n) is 16.9. The van der Waals surface area contributed by atoms with Crippen LogP contribution in [0.3, 0.4) is 0 Å². The second-order valence-corrected chi connectivity index (χ2v) is 9.94. The lowest BCUT2D eigenvalue weighted by Gasteiger charge is -2.31. The molecule has 0 spiro atoms. The Balaban J connectivity index is 1.43. The number of pyridine rings is 1. The molecule has 4 rings (SSSR count). The standard InChI is InChI=1S/C21H22N4O4S2/c1-29-17-6-8-18(9-7-17)31(27,28)25-11-3-5-16(13-25)20(26)24-21-23-19(14-30-21)15-4-2-10-22-12-15/h2,4,6-10,12,14,16H,3,5,11,13H2,1H3,(H,23,24,26). The minimum Gasteiger partial charge on any atom is -0.497 e. The van der Waals surface area contributed by atoms with E-state index < -0.39 is 15.9 Å². The lowest BCUT2D eigenvalue weighted by atomic mass is 9.99. The van der Waals surface area contributed by atoms with Gasteiger partial charge in [-0.05, 0) is 49.2 Å². The number of piperidine rings is 1. The molecule has 10 heteroatoms. The normalized spacial score (nSPS) is 17.3. The fourth-order valence-corrected chi connectivity index (χ4v) is 5.70. The van der Waals surface area contributed by atoms with E-state index in [-0.39, 0.29) is 17.3 Å². The molecule has 31 heavy (non-hydrogen) atoms. The van der Waals surface area contributed by atoms with Gasteiger partial charge in [0.05, 0.1) is 23.6 Å². The van der Waals surface area contributed by atoms with Gasteiger partial charge < -0.3 is 10.1 Å². The number of sulfonamides is 1. The molecule has 0 saturated carbocycles. The summed E-state index contributed by atoms with van der Waals surface area (Å²) in [6.45, 7) is 0.529. The Bertz CT molecular complexity index is 1150. The van der Waals surface area contributed by atoms with Crippen molar-refractivity contribution in [3.63, 3.8) is 0 Å². The van der Waals surface area contributed by atoms with Crippen molar-refractivity contribution in [3.8, 4) is 17.0 Å². The summed E-state index contributed by atoms with van der Waals surface area (Å²) in [5.41, 5.74) is 1.61. The van der Waals surface area contributed by atoms with Crippen LogP contribution < -0.4 is 10.1 Å². The van der Waals surface area contributed by atoms with Crippen LogP contribution in [0.15, 0.2) is 59.1 Å². The van der Waals surface area contributed by atoms with E-state index in [4.69, 9.17) is 4.74 Å². The molecule has 1 aliphatic rings. The van der Waals surface area contributed by atoms with E-state index in [0.717, 1.165) is 11.3 Å². The molecule has 3 aromatic rings. The van der Waals surface area contributed by atoms with Crippen LogP contribution >= 0.6 is 11.3 Å². The number of nitrogens with zero attached hydrogens (tertiary/aromatic N) is 3. The van der Waals surface area contributed by atoms with E-state index in [0.29, 0.717) is 30.3 Å². The number of thiazole rings is 1. The molecule has 3 heterocycles. The van der Waals surface area contributed by atoms with Crippen LogP contribution in [-0.2, 0) is 14.8 Å². The lowest BCUT2D eigenvalue weighted by Crippen LogP contribution is -2.43. The lowest BCUT2D eigenvalue weighted by molar-refractivity contribution is -0.120. The van der Waals surface area contributed by atoms with Crippen molar-refractivity contribution in [1.82, 2.24) is 14.3 Å². The monoisotopic (exact) mass is 458 g/mol. The molecular weight excluding hydrogens is 436 g/mol. The van der Waals surface area contributed by atoms with Gasteiger partial charge >= 0.3 is 0 Å².